The summed E-state index contributed by atoms with van der Waals surface area (Å²) >= 11 is 0. The minimum absolute atomic E-state index is 0.155. The molecule has 0 radical (unpaired) electrons. The molecule has 1 aromatic carbocycles. The minimum Gasteiger partial charge on any atom is -0.493 e. The Balaban J connectivity index is 1.49. The molecule has 0 bridgehead atoms. The molecule has 1 aliphatic carbocycles. The van der Waals surface area contributed by atoms with Crippen LogP contribution in [0.5, 0.6) is 11.5 Å². The van der Waals surface area contributed by atoms with E-state index in [4.69, 9.17) is 9.47 Å². The second-order valence-electron chi connectivity index (χ2n) is 9.41. The Morgan fingerprint density at radius 1 is 1.22 bits per heavy atom. The molecule has 2 fully saturated rings. The van der Waals surface area contributed by atoms with Gasteiger partial charge in [-0.1, -0.05) is 13.8 Å². The fourth-order valence-corrected chi connectivity index (χ4v) is 4.95. The SMILES string of the molecule is COc1ccc(N2CCN(C(=O)Cc3c[nH]cn3)[C@@H](CC(C)C)C2)cc1OC1CCCC1. The van der Waals surface area contributed by atoms with Crippen LogP contribution in [0.15, 0.2) is 30.7 Å². The molecule has 1 aromatic heterocycles. The second kappa shape index (κ2) is 10.3. The summed E-state index contributed by atoms with van der Waals surface area (Å²) in [6.45, 7) is 6.77. The summed E-state index contributed by atoms with van der Waals surface area (Å²) in [4.78, 5) is 24.7. The largest absolute Gasteiger partial charge is 0.493 e. The number of hydrogen-bond donors (Lipinski definition) is 1. The van der Waals surface area contributed by atoms with Gasteiger partial charge < -0.3 is 24.3 Å². The van der Waals surface area contributed by atoms with Crippen LogP contribution < -0.4 is 14.4 Å². The van der Waals surface area contributed by atoms with E-state index in [1.54, 1.807) is 19.6 Å². The highest BCUT2D eigenvalue weighted by Crippen LogP contribution is 2.36. The number of benzene rings is 1. The zero-order chi connectivity index (χ0) is 22.5. The highest BCUT2D eigenvalue weighted by atomic mass is 16.5. The maximum absolute atomic E-state index is 13.0. The number of nitrogens with zero attached hydrogens (tertiary/aromatic N) is 3. The van der Waals surface area contributed by atoms with Crippen molar-refractivity contribution in [1.29, 1.82) is 0 Å². The molecule has 2 heterocycles. The van der Waals surface area contributed by atoms with Crippen molar-refractivity contribution >= 4 is 11.6 Å². The lowest BCUT2D eigenvalue weighted by molar-refractivity contribution is -0.133. The molecule has 32 heavy (non-hydrogen) atoms. The van der Waals surface area contributed by atoms with Gasteiger partial charge in [-0.25, -0.2) is 4.98 Å². The molecule has 1 saturated heterocycles. The van der Waals surface area contributed by atoms with Gasteiger partial charge in [-0.2, -0.15) is 0 Å². The number of aromatic nitrogens is 2. The lowest BCUT2D eigenvalue weighted by atomic mass is 9.99. The number of hydrogen-bond acceptors (Lipinski definition) is 5. The minimum atomic E-state index is 0.155. The molecule has 2 aromatic rings. The molecular weight excluding hydrogens is 404 g/mol. The van der Waals surface area contributed by atoms with Crippen LogP contribution in [0.25, 0.3) is 0 Å². The number of carbonyl (C=O) groups is 1. The van der Waals surface area contributed by atoms with Crippen molar-refractivity contribution in [3.63, 3.8) is 0 Å². The monoisotopic (exact) mass is 440 g/mol. The first-order valence-corrected chi connectivity index (χ1v) is 11.9. The lowest BCUT2D eigenvalue weighted by Crippen LogP contribution is -2.56. The maximum atomic E-state index is 13.0. The van der Waals surface area contributed by atoms with E-state index in [9.17, 15) is 4.79 Å². The number of carbonyl (C=O) groups excluding carboxylic acids is 1. The number of anilines is 1. The molecule has 0 spiro atoms. The quantitative estimate of drug-likeness (QED) is 0.671. The molecule has 1 saturated carbocycles. The maximum Gasteiger partial charge on any atom is 0.229 e. The summed E-state index contributed by atoms with van der Waals surface area (Å²) in [5.74, 6) is 2.28. The molecule has 2 aliphatic rings. The third kappa shape index (κ3) is 5.37. The van der Waals surface area contributed by atoms with E-state index in [1.165, 1.54) is 12.8 Å². The van der Waals surface area contributed by atoms with Crippen LogP contribution in [0.1, 0.15) is 51.6 Å². The van der Waals surface area contributed by atoms with Gasteiger partial charge in [0.15, 0.2) is 11.5 Å². The smallest absolute Gasteiger partial charge is 0.229 e. The number of imidazole rings is 1. The summed E-state index contributed by atoms with van der Waals surface area (Å²) in [5.41, 5.74) is 1.93. The van der Waals surface area contributed by atoms with Gasteiger partial charge in [0, 0.05) is 43.6 Å². The summed E-state index contributed by atoms with van der Waals surface area (Å²) < 4.78 is 11.9. The number of piperazine rings is 1. The van der Waals surface area contributed by atoms with Crippen molar-refractivity contribution in [2.75, 3.05) is 31.6 Å². The fraction of sp³-hybridized carbons (Fsp3) is 0.600. The van der Waals surface area contributed by atoms with Crippen LogP contribution in [0.4, 0.5) is 5.69 Å². The first-order valence-electron chi connectivity index (χ1n) is 11.9. The molecule has 1 aliphatic heterocycles. The summed E-state index contributed by atoms with van der Waals surface area (Å²) in [7, 11) is 1.69. The highest BCUT2D eigenvalue weighted by Gasteiger charge is 2.31. The van der Waals surface area contributed by atoms with Gasteiger partial charge in [0.2, 0.25) is 5.91 Å². The van der Waals surface area contributed by atoms with Crippen LogP contribution in [-0.2, 0) is 11.2 Å². The average Bonchev–Trinajstić information content (AvgIpc) is 3.47. The summed E-state index contributed by atoms with van der Waals surface area (Å²) in [5, 5.41) is 0. The van der Waals surface area contributed by atoms with Crippen molar-refractivity contribution in [2.24, 2.45) is 5.92 Å². The average molecular weight is 441 g/mol. The van der Waals surface area contributed by atoms with Crippen LogP contribution in [0, 0.1) is 5.92 Å². The lowest BCUT2D eigenvalue weighted by Gasteiger charge is -2.43. The Morgan fingerprint density at radius 2 is 2.03 bits per heavy atom. The first-order chi connectivity index (χ1) is 15.5. The predicted octanol–water partition coefficient (Wildman–Crippen LogP) is 4.05. The Kier molecular flexibility index (Phi) is 7.22. The normalized spacial score (nSPS) is 19.6. The van der Waals surface area contributed by atoms with Gasteiger partial charge in [0.1, 0.15) is 0 Å². The van der Waals surface area contributed by atoms with Crippen molar-refractivity contribution in [3.05, 3.63) is 36.4 Å². The van der Waals surface area contributed by atoms with E-state index in [0.717, 1.165) is 55.2 Å². The van der Waals surface area contributed by atoms with Gasteiger partial charge in [-0.15, -0.1) is 0 Å². The Morgan fingerprint density at radius 3 is 2.72 bits per heavy atom. The van der Waals surface area contributed by atoms with Gasteiger partial charge >= 0.3 is 0 Å². The number of ether oxygens (including phenoxy) is 2. The van der Waals surface area contributed by atoms with E-state index in [2.05, 4.69) is 45.7 Å². The van der Waals surface area contributed by atoms with E-state index < -0.39 is 0 Å². The van der Waals surface area contributed by atoms with E-state index in [0.29, 0.717) is 18.9 Å². The molecular formula is C25H36N4O3. The summed E-state index contributed by atoms with van der Waals surface area (Å²) in [6, 6.07) is 6.40. The van der Waals surface area contributed by atoms with Gasteiger partial charge in [0.05, 0.1) is 31.7 Å². The van der Waals surface area contributed by atoms with Crippen molar-refractivity contribution in [2.45, 2.75) is 64.5 Å². The highest BCUT2D eigenvalue weighted by molar-refractivity contribution is 5.79. The Hall–Kier alpha value is -2.70. The summed E-state index contributed by atoms with van der Waals surface area (Å²) in [6.07, 6.45) is 9.72. The van der Waals surface area contributed by atoms with Crippen LogP contribution >= 0.6 is 0 Å². The van der Waals surface area contributed by atoms with Gasteiger partial charge in [0.25, 0.3) is 0 Å². The Labute approximate surface area is 191 Å². The van der Waals surface area contributed by atoms with Gasteiger partial charge in [-0.05, 0) is 50.2 Å². The zero-order valence-electron chi connectivity index (χ0n) is 19.5. The molecule has 0 unspecified atom stereocenters. The number of methoxy groups -OCH3 is 1. The molecule has 1 amide bonds. The van der Waals surface area contributed by atoms with Crippen molar-refractivity contribution in [3.8, 4) is 11.5 Å². The van der Waals surface area contributed by atoms with Gasteiger partial charge in [-0.3, -0.25) is 4.79 Å². The van der Waals surface area contributed by atoms with Crippen molar-refractivity contribution < 1.29 is 14.3 Å². The van der Waals surface area contributed by atoms with Crippen LogP contribution in [0.2, 0.25) is 0 Å². The molecule has 4 rings (SSSR count). The standard InChI is InChI=1S/C25H36N4O3/c1-18(2)12-21-16-28(10-11-29(21)25(30)13-19-15-26-17-27-19)20-8-9-23(31-3)24(14-20)32-22-6-4-5-7-22/h8-9,14-15,17-18,21-22H,4-7,10-13,16H2,1-3H3,(H,26,27)/t21-/m0/s1. The third-order valence-electron chi connectivity index (χ3n) is 6.54. The molecule has 7 heteroatoms. The second-order valence-corrected chi connectivity index (χ2v) is 9.41. The molecule has 1 atom stereocenters. The number of aromatic amines is 1. The number of amides is 1. The third-order valence-corrected chi connectivity index (χ3v) is 6.54. The van der Waals surface area contributed by atoms with E-state index >= 15 is 0 Å². The van der Waals surface area contributed by atoms with E-state index in [-0.39, 0.29) is 18.1 Å². The number of H-pyrrole nitrogens is 1. The van der Waals surface area contributed by atoms with Crippen LogP contribution in [0.3, 0.4) is 0 Å². The van der Waals surface area contributed by atoms with Crippen LogP contribution in [-0.4, -0.2) is 59.7 Å². The number of rotatable bonds is 8. The fourth-order valence-electron chi connectivity index (χ4n) is 4.95. The topological polar surface area (TPSA) is 70.7 Å². The molecule has 7 nitrogen and oxygen atoms in total. The molecule has 174 valence electrons. The Bertz CT molecular complexity index is 877. The number of nitrogens with one attached hydrogen (secondary N) is 1. The van der Waals surface area contributed by atoms with E-state index in [1.807, 2.05) is 6.07 Å². The zero-order valence-corrected chi connectivity index (χ0v) is 19.5. The molecule has 1 N–H and O–H groups in total. The van der Waals surface area contributed by atoms with Crippen molar-refractivity contribution in [1.82, 2.24) is 14.9 Å². The predicted molar refractivity (Wildman–Crippen MR) is 125 cm³/mol. The first kappa shape index (κ1) is 22.5.